The van der Waals surface area contributed by atoms with Gasteiger partial charge in [0.25, 0.3) is 5.91 Å². The summed E-state index contributed by atoms with van der Waals surface area (Å²) in [5, 5.41) is 2.70. The number of aryl methyl sites for hydroxylation is 1. The minimum atomic E-state index is -3.50. The van der Waals surface area contributed by atoms with E-state index < -0.39 is 10.0 Å². The maximum Gasteiger partial charge on any atom is 0.256 e. The summed E-state index contributed by atoms with van der Waals surface area (Å²) in [7, 11) is -0.579. The second-order valence-corrected chi connectivity index (χ2v) is 7.09. The standard InChI is InChI=1S/C15H17N3O3S/c1-11-5-4-10-16-14(11)17-15(19)12-6-8-13(9-7-12)22(20,21)18(2)3/h4-10H,1-3H3,(H,16,17,19). The van der Waals surface area contributed by atoms with E-state index in [1.165, 1.54) is 38.4 Å². The monoisotopic (exact) mass is 319 g/mol. The number of anilines is 1. The van der Waals surface area contributed by atoms with Crippen LogP contribution in [0.2, 0.25) is 0 Å². The van der Waals surface area contributed by atoms with Crippen LogP contribution in [-0.2, 0) is 10.0 Å². The molecule has 0 saturated heterocycles. The van der Waals surface area contributed by atoms with E-state index in [0.717, 1.165) is 9.87 Å². The van der Waals surface area contributed by atoms with Gasteiger partial charge in [0.2, 0.25) is 10.0 Å². The van der Waals surface area contributed by atoms with Crippen molar-refractivity contribution >= 4 is 21.7 Å². The normalized spacial score (nSPS) is 11.5. The smallest absolute Gasteiger partial charge is 0.256 e. The molecular formula is C15H17N3O3S. The number of hydrogen-bond acceptors (Lipinski definition) is 4. The van der Waals surface area contributed by atoms with E-state index in [2.05, 4.69) is 10.3 Å². The van der Waals surface area contributed by atoms with Crippen LogP contribution < -0.4 is 5.32 Å². The number of carbonyl (C=O) groups excluding carboxylic acids is 1. The number of sulfonamides is 1. The summed E-state index contributed by atoms with van der Waals surface area (Å²) in [5.74, 6) is 0.146. The molecule has 116 valence electrons. The lowest BCUT2D eigenvalue weighted by Gasteiger charge is -2.12. The molecule has 2 rings (SSSR count). The van der Waals surface area contributed by atoms with Crippen LogP contribution in [-0.4, -0.2) is 37.7 Å². The molecule has 0 saturated carbocycles. The van der Waals surface area contributed by atoms with Crippen molar-refractivity contribution < 1.29 is 13.2 Å². The van der Waals surface area contributed by atoms with Gasteiger partial charge < -0.3 is 5.32 Å². The minimum absolute atomic E-state index is 0.142. The molecule has 0 fully saturated rings. The fraction of sp³-hybridized carbons (Fsp3) is 0.200. The molecule has 0 bridgehead atoms. The van der Waals surface area contributed by atoms with Crippen LogP contribution in [0, 0.1) is 6.92 Å². The Labute approximate surface area is 129 Å². The highest BCUT2D eigenvalue weighted by Gasteiger charge is 2.17. The van der Waals surface area contributed by atoms with Crippen LogP contribution in [0.3, 0.4) is 0 Å². The lowest BCUT2D eigenvalue weighted by atomic mass is 10.2. The number of hydrogen-bond donors (Lipinski definition) is 1. The summed E-state index contributed by atoms with van der Waals surface area (Å²) < 4.78 is 25.1. The van der Waals surface area contributed by atoms with E-state index in [0.29, 0.717) is 11.4 Å². The van der Waals surface area contributed by atoms with E-state index in [-0.39, 0.29) is 10.8 Å². The van der Waals surface area contributed by atoms with Gasteiger partial charge in [0.05, 0.1) is 4.90 Å². The maximum atomic E-state index is 12.2. The van der Waals surface area contributed by atoms with Crippen LogP contribution in [0.15, 0.2) is 47.5 Å². The topological polar surface area (TPSA) is 79.4 Å². The van der Waals surface area contributed by atoms with Gasteiger partial charge >= 0.3 is 0 Å². The summed E-state index contributed by atoms with van der Waals surface area (Å²) in [6, 6.07) is 9.40. The Morgan fingerprint density at radius 2 is 1.77 bits per heavy atom. The highest BCUT2D eigenvalue weighted by Crippen LogP contribution is 2.16. The lowest BCUT2D eigenvalue weighted by Crippen LogP contribution is -2.22. The number of aromatic nitrogens is 1. The summed E-state index contributed by atoms with van der Waals surface area (Å²) in [6.07, 6.45) is 1.59. The van der Waals surface area contributed by atoms with E-state index in [1.54, 1.807) is 12.3 Å². The number of nitrogens with one attached hydrogen (secondary N) is 1. The number of pyridine rings is 1. The van der Waals surface area contributed by atoms with Gasteiger partial charge in [-0.05, 0) is 42.8 Å². The Morgan fingerprint density at radius 1 is 1.14 bits per heavy atom. The molecule has 0 atom stereocenters. The largest absolute Gasteiger partial charge is 0.306 e. The van der Waals surface area contributed by atoms with Crippen molar-refractivity contribution in [3.05, 3.63) is 53.7 Å². The van der Waals surface area contributed by atoms with Crippen molar-refractivity contribution in [3.63, 3.8) is 0 Å². The maximum absolute atomic E-state index is 12.2. The van der Waals surface area contributed by atoms with E-state index >= 15 is 0 Å². The number of rotatable bonds is 4. The molecule has 0 spiro atoms. The number of nitrogens with zero attached hydrogens (tertiary/aromatic N) is 2. The molecule has 0 aliphatic carbocycles. The van der Waals surface area contributed by atoms with Crippen molar-refractivity contribution in [1.29, 1.82) is 0 Å². The van der Waals surface area contributed by atoms with Crippen molar-refractivity contribution in [1.82, 2.24) is 9.29 Å². The molecule has 2 aromatic rings. The molecule has 0 unspecified atom stereocenters. The zero-order valence-corrected chi connectivity index (χ0v) is 13.4. The average molecular weight is 319 g/mol. The number of carbonyl (C=O) groups is 1. The minimum Gasteiger partial charge on any atom is -0.306 e. The second kappa shape index (κ2) is 6.25. The third-order valence-electron chi connectivity index (χ3n) is 3.14. The second-order valence-electron chi connectivity index (χ2n) is 4.93. The molecule has 0 aliphatic heterocycles. The third-order valence-corrected chi connectivity index (χ3v) is 4.97. The van der Waals surface area contributed by atoms with Gasteiger partial charge in [-0.15, -0.1) is 0 Å². The first-order chi connectivity index (χ1) is 10.3. The Hall–Kier alpha value is -2.25. The molecule has 0 radical (unpaired) electrons. The Bertz CT molecular complexity index is 784. The fourth-order valence-corrected chi connectivity index (χ4v) is 2.69. The molecule has 0 aliphatic rings. The summed E-state index contributed by atoms with van der Waals surface area (Å²) >= 11 is 0. The van der Waals surface area contributed by atoms with E-state index in [1.807, 2.05) is 13.0 Å². The number of benzene rings is 1. The zero-order chi connectivity index (χ0) is 16.3. The molecule has 7 heteroatoms. The van der Waals surface area contributed by atoms with Crippen molar-refractivity contribution in [3.8, 4) is 0 Å². The Balaban J connectivity index is 2.21. The first kappa shape index (κ1) is 16.1. The van der Waals surface area contributed by atoms with Gasteiger partial charge in [0.1, 0.15) is 5.82 Å². The van der Waals surface area contributed by atoms with Gasteiger partial charge in [-0.2, -0.15) is 0 Å². The molecule has 1 amide bonds. The number of amides is 1. The Morgan fingerprint density at radius 3 is 2.32 bits per heavy atom. The molecule has 1 N–H and O–H groups in total. The van der Waals surface area contributed by atoms with Gasteiger partial charge in [-0.25, -0.2) is 17.7 Å². The molecule has 1 heterocycles. The summed E-state index contributed by atoms with van der Waals surface area (Å²) in [5.41, 5.74) is 1.21. The zero-order valence-electron chi connectivity index (χ0n) is 12.6. The molecule has 1 aromatic heterocycles. The summed E-state index contributed by atoms with van der Waals surface area (Å²) in [6.45, 7) is 1.84. The molecule has 1 aromatic carbocycles. The lowest BCUT2D eigenvalue weighted by molar-refractivity contribution is 0.102. The quantitative estimate of drug-likeness (QED) is 0.933. The average Bonchev–Trinajstić information content (AvgIpc) is 2.49. The Kier molecular flexibility index (Phi) is 4.58. The molecule has 6 nitrogen and oxygen atoms in total. The fourth-order valence-electron chi connectivity index (χ4n) is 1.79. The van der Waals surface area contributed by atoms with Gasteiger partial charge in [-0.3, -0.25) is 4.79 Å². The highest BCUT2D eigenvalue weighted by atomic mass is 32.2. The van der Waals surface area contributed by atoms with Gasteiger partial charge in [0.15, 0.2) is 0 Å². The van der Waals surface area contributed by atoms with Crippen LogP contribution in [0.4, 0.5) is 5.82 Å². The first-order valence-electron chi connectivity index (χ1n) is 6.58. The van der Waals surface area contributed by atoms with Crippen LogP contribution >= 0.6 is 0 Å². The van der Waals surface area contributed by atoms with Crippen LogP contribution in [0.1, 0.15) is 15.9 Å². The van der Waals surface area contributed by atoms with Crippen molar-refractivity contribution in [2.45, 2.75) is 11.8 Å². The predicted molar refractivity (Wildman–Crippen MR) is 84.2 cm³/mol. The third kappa shape index (κ3) is 3.32. The van der Waals surface area contributed by atoms with Gasteiger partial charge in [-0.1, -0.05) is 6.07 Å². The van der Waals surface area contributed by atoms with Crippen molar-refractivity contribution in [2.75, 3.05) is 19.4 Å². The highest BCUT2D eigenvalue weighted by molar-refractivity contribution is 7.89. The van der Waals surface area contributed by atoms with E-state index in [9.17, 15) is 13.2 Å². The van der Waals surface area contributed by atoms with Gasteiger partial charge in [0, 0.05) is 25.9 Å². The predicted octanol–water partition coefficient (Wildman–Crippen LogP) is 1.89. The van der Waals surface area contributed by atoms with E-state index in [4.69, 9.17) is 0 Å². The molecular weight excluding hydrogens is 302 g/mol. The van der Waals surface area contributed by atoms with Crippen LogP contribution in [0.5, 0.6) is 0 Å². The first-order valence-corrected chi connectivity index (χ1v) is 8.02. The SMILES string of the molecule is Cc1cccnc1NC(=O)c1ccc(S(=O)(=O)N(C)C)cc1. The molecule has 22 heavy (non-hydrogen) atoms. The summed E-state index contributed by atoms with van der Waals surface area (Å²) in [4.78, 5) is 16.4. The van der Waals surface area contributed by atoms with Crippen molar-refractivity contribution in [2.24, 2.45) is 0 Å². The van der Waals surface area contributed by atoms with Crippen LogP contribution in [0.25, 0.3) is 0 Å².